The van der Waals surface area contributed by atoms with Gasteiger partial charge >= 0.3 is 0 Å². The summed E-state index contributed by atoms with van der Waals surface area (Å²) in [6.45, 7) is 2.04. The third kappa shape index (κ3) is 4.45. The van der Waals surface area contributed by atoms with E-state index >= 15 is 0 Å². The highest BCUT2D eigenvalue weighted by Crippen LogP contribution is 2.20. The molecule has 0 bridgehead atoms. The first-order chi connectivity index (χ1) is 7.13. The van der Waals surface area contributed by atoms with Crippen LogP contribution in [-0.2, 0) is 6.54 Å². The van der Waals surface area contributed by atoms with Crippen LogP contribution in [-0.4, -0.2) is 30.5 Å². The molecule has 1 aromatic carbocycles. The molecule has 0 saturated heterocycles. The van der Waals surface area contributed by atoms with Gasteiger partial charge < -0.3 is 10.6 Å². The third-order valence-electron chi connectivity index (χ3n) is 2.19. The number of anilines is 1. The molecule has 2 N–H and O–H groups in total. The fraction of sp³-hybridized carbons (Fsp3) is 0.455. The number of hydrogen-bond acceptors (Lipinski definition) is 3. The van der Waals surface area contributed by atoms with Crippen molar-refractivity contribution in [2.45, 2.75) is 6.54 Å². The Morgan fingerprint density at radius 1 is 1.47 bits per heavy atom. The summed E-state index contributed by atoms with van der Waals surface area (Å²) in [7, 11) is 2.13. The predicted molar refractivity (Wildman–Crippen MR) is 73.3 cm³/mol. The lowest BCUT2D eigenvalue weighted by molar-refractivity contribution is 0.348. The number of nitrogens with zero attached hydrogens (tertiary/aromatic N) is 1. The Kier molecular flexibility index (Phi) is 5.50. The van der Waals surface area contributed by atoms with Gasteiger partial charge in [-0.05, 0) is 37.1 Å². The van der Waals surface area contributed by atoms with Gasteiger partial charge in [0.2, 0.25) is 0 Å². The van der Waals surface area contributed by atoms with Gasteiger partial charge in [0.1, 0.15) is 0 Å². The van der Waals surface area contributed by atoms with E-state index in [1.807, 2.05) is 30.0 Å². The van der Waals surface area contributed by atoms with Gasteiger partial charge in [-0.1, -0.05) is 15.9 Å². The van der Waals surface area contributed by atoms with Gasteiger partial charge in [0.15, 0.2) is 0 Å². The van der Waals surface area contributed by atoms with Crippen LogP contribution in [0.4, 0.5) is 5.69 Å². The summed E-state index contributed by atoms with van der Waals surface area (Å²) in [6, 6.07) is 5.95. The van der Waals surface area contributed by atoms with E-state index in [0.29, 0.717) is 0 Å². The molecule has 0 aliphatic heterocycles. The van der Waals surface area contributed by atoms with E-state index in [1.165, 1.54) is 5.56 Å². The normalized spacial score (nSPS) is 10.9. The maximum atomic E-state index is 5.76. The van der Waals surface area contributed by atoms with Crippen molar-refractivity contribution in [2.24, 2.45) is 0 Å². The molecule has 2 nitrogen and oxygen atoms in total. The number of halogens is 1. The Hall–Kier alpha value is -0.190. The van der Waals surface area contributed by atoms with Crippen molar-refractivity contribution in [3.8, 4) is 0 Å². The van der Waals surface area contributed by atoms with Crippen molar-refractivity contribution in [1.82, 2.24) is 4.90 Å². The van der Waals surface area contributed by atoms with Crippen LogP contribution in [0.3, 0.4) is 0 Å². The highest BCUT2D eigenvalue weighted by atomic mass is 79.9. The van der Waals surface area contributed by atoms with Crippen LogP contribution in [0.1, 0.15) is 5.56 Å². The van der Waals surface area contributed by atoms with E-state index in [1.54, 1.807) is 0 Å². The average molecular weight is 289 g/mol. The fourth-order valence-corrected chi connectivity index (χ4v) is 2.20. The van der Waals surface area contributed by atoms with Crippen LogP contribution in [0.15, 0.2) is 22.7 Å². The minimum absolute atomic E-state index is 0.825. The minimum Gasteiger partial charge on any atom is -0.399 e. The summed E-state index contributed by atoms with van der Waals surface area (Å²) < 4.78 is 1.13. The van der Waals surface area contributed by atoms with Gasteiger partial charge in [0.25, 0.3) is 0 Å². The Bertz CT molecular complexity index is 317. The molecule has 0 saturated carbocycles. The summed E-state index contributed by atoms with van der Waals surface area (Å²) in [5.74, 6) is 1.16. The zero-order valence-electron chi connectivity index (χ0n) is 9.16. The van der Waals surface area contributed by atoms with E-state index in [2.05, 4.69) is 34.1 Å². The van der Waals surface area contributed by atoms with E-state index in [0.717, 1.165) is 29.0 Å². The van der Waals surface area contributed by atoms with Crippen LogP contribution in [0.2, 0.25) is 0 Å². The second-order valence-electron chi connectivity index (χ2n) is 3.58. The second kappa shape index (κ2) is 6.40. The van der Waals surface area contributed by atoms with E-state index in [9.17, 15) is 0 Å². The molecule has 0 aliphatic rings. The van der Waals surface area contributed by atoms with Crippen molar-refractivity contribution >= 4 is 33.4 Å². The largest absolute Gasteiger partial charge is 0.399 e. The van der Waals surface area contributed by atoms with E-state index < -0.39 is 0 Å². The number of thioether (sulfide) groups is 1. The molecule has 0 spiro atoms. The van der Waals surface area contributed by atoms with Gasteiger partial charge in [-0.2, -0.15) is 11.8 Å². The molecule has 0 aliphatic carbocycles. The van der Waals surface area contributed by atoms with E-state index in [4.69, 9.17) is 5.73 Å². The van der Waals surface area contributed by atoms with Gasteiger partial charge in [-0.15, -0.1) is 0 Å². The second-order valence-corrected chi connectivity index (χ2v) is 5.42. The molecule has 4 heteroatoms. The molecule has 0 unspecified atom stereocenters. The van der Waals surface area contributed by atoms with Gasteiger partial charge in [-0.25, -0.2) is 0 Å². The van der Waals surface area contributed by atoms with Gasteiger partial charge in [0.05, 0.1) is 0 Å². The first-order valence-electron chi connectivity index (χ1n) is 4.85. The first-order valence-corrected chi connectivity index (χ1v) is 7.03. The maximum Gasteiger partial charge on any atom is 0.0318 e. The molecule has 0 radical (unpaired) electrons. The molecule has 1 aromatic rings. The number of nitrogen functional groups attached to an aromatic ring is 1. The monoisotopic (exact) mass is 288 g/mol. The lowest BCUT2D eigenvalue weighted by Crippen LogP contribution is -2.20. The number of nitrogens with two attached hydrogens (primary N) is 1. The average Bonchev–Trinajstić information content (AvgIpc) is 2.20. The highest BCUT2D eigenvalue weighted by molar-refractivity contribution is 9.10. The Balaban J connectivity index is 2.59. The maximum absolute atomic E-state index is 5.76. The summed E-state index contributed by atoms with van der Waals surface area (Å²) in [5, 5.41) is 0. The van der Waals surface area contributed by atoms with Crippen LogP contribution in [0, 0.1) is 0 Å². The lowest BCUT2D eigenvalue weighted by atomic mass is 10.2. The molecule has 0 amide bonds. The predicted octanol–water partition coefficient (Wildman–Crippen LogP) is 2.83. The Morgan fingerprint density at radius 2 is 2.20 bits per heavy atom. The molecule has 1 rings (SSSR count). The molecular weight excluding hydrogens is 272 g/mol. The topological polar surface area (TPSA) is 29.3 Å². The molecule has 0 aromatic heterocycles. The standard InChI is InChI=1S/C11H17BrN2S/c1-14(5-6-15-2)8-9-7-10(13)3-4-11(9)12/h3-4,7H,5-6,8,13H2,1-2H3. The van der Waals surface area contributed by atoms with Crippen LogP contribution in [0.5, 0.6) is 0 Å². The fourth-order valence-electron chi connectivity index (χ4n) is 1.33. The molecule has 0 heterocycles. The molecule has 0 atom stereocenters. The first kappa shape index (κ1) is 12.9. The smallest absolute Gasteiger partial charge is 0.0318 e. The van der Waals surface area contributed by atoms with Crippen molar-refractivity contribution in [3.05, 3.63) is 28.2 Å². The van der Waals surface area contributed by atoms with Crippen LogP contribution < -0.4 is 5.73 Å². The summed E-state index contributed by atoms with van der Waals surface area (Å²) in [4.78, 5) is 2.30. The molecule has 0 fully saturated rings. The molecular formula is C11H17BrN2S. The zero-order chi connectivity index (χ0) is 11.3. The zero-order valence-corrected chi connectivity index (χ0v) is 11.6. The summed E-state index contributed by atoms with van der Waals surface area (Å²) in [6.07, 6.45) is 2.13. The number of benzene rings is 1. The van der Waals surface area contributed by atoms with Crippen LogP contribution in [0.25, 0.3) is 0 Å². The Labute approximate surface area is 104 Å². The highest BCUT2D eigenvalue weighted by Gasteiger charge is 2.04. The van der Waals surface area contributed by atoms with Crippen molar-refractivity contribution < 1.29 is 0 Å². The summed E-state index contributed by atoms with van der Waals surface area (Å²) >= 11 is 5.41. The quantitative estimate of drug-likeness (QED) is 0.845. The summed E-state index contributed by atoms with van der Waals surface area (Å²) in [5.41, 5.74) is 7.83. The van der Waals surface area contributed by atoms with Crippen molar-refractivity contribution in [1.29, 1.82) is 0 Å². The molecule has 15 heavy (non-hydrogen) atoms. The number of hydrogen-bond donors (Lipinski definition) is 1. The van der Waals surface area contributed by atoms with Crippen molar-refractivity contribution in [2.75, 3.05) is 31.3 Å². The van der Waals surface area contributed by atoms with Gasteiger partial charge in [-0.3, -0.25) is 0 Å². The number of rotatable bonds is 5. The molecule has 84 valence electrons. The van der Waals surface area contributed by atoms with E-state index in [-0.39, 0.29) is 0 Å². The Morgan fingerprint density at radius 3 is 2.87 bits per heavy atom. The van der Waals surface area contributed by atoms with Crippen molar-refractivity contribution in [3.63, 3.8) is 0 Å². The third-order valence-corrected chi connectivity index (χ3v) is 3.55. The van der Waals surface area contributed by atoms with Gasteiger partial charge in [0, 0.05) is 29.0 Å². The van der Waals surface area contributed by atoms with Crippen LogP contribution >= 0.6 is 27.7 Å². The SMILES string of the molecule is CSCCN(C)Cc1cc(N)ccc1Br. The lowest BCUT2D eigenvalue weighted by Gasteiger charge is -2.17. The minimum atomic E-state index is 0.825.